The van der Waals surface area contributed by atoms with Gasteiger partial charge in [0.1, 0.15) is 12.2 Å². The first kappa shape index (κ1) is 18.9. The van der Waals surface area contributed by atoms with Crippen LogP contribution < -0.4 is 0 Å². The number of hydrogen-bond donors (Lipinski definition) is 2. The lowest BCUT2D eigenvalue weighted by molar-refractivity contribution is -0.153. The zero-order chi connectivity index (χ0) is 19.4. The molecule has 0 bridgehead atoms. The second kappa shape index (κ2) is 6.35. The number of rotatable bonds is 2. The van der Waals surface area contributed by atoms with Crippen molar-refractivity contribution in [2.45, 2.75) is 64.4 Å². The van der Waals surface area contributed by atoms with Crippen molar-refractivity contribution in [2.75, 3.05) is 0 Å². The standard InChI is InChI=1S/C20H26O6/c1-6-9(2)18(22)25-13-7-10(3)12-8-14(21)20(5,24)16(12)17-15(13)11(4)19(23)26-17/h6,13-17,21,24H,4,7-8H2,1-3,5H3. The predicted molar refractivity (Wildman–Crippen MR) is 93.9 cm³/mol. The molecule has 2 fully saturated rings. The van der Waals surface area contributed by atoms with E-state index in [1.54, 1.807) is 26.8 Å². The molecule has 2 N–H and O–H groups in total. The third-order valence-corrected chi connectivity index (χ3v) is 6.15. The van der Waals surface area contributed by atoms with Crippen molar-refractivity contribution in [3.63, 3.8) is 0 Å². The van der Waals surface area contributed by atoms with Gasteiger partial charge in [0, 0.05) is 23.5 Å². The Bertz CT molecular complexity index is 729. The van der Waals surface area contributed by atoms with Gasteiger partial charge in [-0.05, 0) is 34.1 Å². The summed E-state index contributed by atoms with van der Waals surface area (Å²) in [4.78, 5) is 24.5. The van der Waals surface area contributed by atoms with Gasteiger partial charge in [-0.2, -0.15) is 0 Å². The van der Waals surface area contributed by atoms with Crippen molar-refractivity contribution < 1.29 is 29.3 Å². The lowest BCUT2D eigenvalue weighted by Gasteiger charge is -2.34. The quantitative estimate of drug-likeness (QED) is 0.442. The van der Waals surface area contributed by atoms with Crippen LogP contribution in [0.2, 0.25) is 0 Å². The SMILES string of the molecule is C=C1C(=O)OC2C1C(OC(=O)C(C)=CC)CC(C)=C1CC(O)C(C)(O)C12. The lowest BCUT2D eigenvalue weighted by atomic mass is 9.78. The van der Waals surface area contributed by atoms with Crippen LogP contribution in [0, 0.1) is 11.8 Å². The fraction of sp³-hybridized carbons (Fsp3) is 0.600. The molecule has 0 aromatic carbocycles. The summed E-state index contributed by atoms with van der Waals surface area (Å²) in [7, 11) is 0. The summed E-state index contributed by atoms with van der Waals surface area (Å²) in [5.41, 5.74) is 1.12. The van der Waals surface area contributed by atoms with Gasteiger partial charge >= 0.3 is 11.9 Å². The number of aliphatic hydroxyl groups is 2. The first-order chi connectivity index (χ1) is 12.1. The third kappa shape index (κ3) is 2.72. The van der Waals surface area contributed by atoms with Crippen LogP contribution >= 0.6 is 0 Å². The van der Waals surface area contributed by atoms with Gasteiger partial charge in [-0.25, -0.2) is 9.59 Å². The molecule has 1 saturated carbocycles. The maximum Gasteiger partial charge on any atom is 0.334 e. The van der Waals surface area contributed by atoms with Gasteiger partial charge in [0.15, 0.2) is 0 Å². The minimum atomic E-state index is -1.43. The first-order valence-corrected chi connectivity index (χ1v) is 8.92. The Kier molecular flexibility index (Phi) is 4.61. The molecular formula is C20H26O6. The van der Waals surface area contributed by atoms with Crippen molar-refractivity contribution >= 4 is 11.9 Å². The molecule has 6 heteroatoms. The fourth-order valence-corrected chi connectivity index (χ4v) is 4.41. The molecule has 0 aromatic heterocycles. The van der Waals surface area contributed by atoms with Crippen molar-refractivity contribution in [2.24, 2.45) is 11.8 Å². The maximum atomic E-state index is 12.3. The topological polar surface area (TPSA) is 93.1 Å². The largest absolute Gasteiger partial charge is 0.458 e. The van der Waals surface area contributed by atoms with E-state index in [9.17, 15) is 19.8 Å². The average molecular weight is 362 g/mol. The normalized spacial score (nSPS) is 40.1. The Labute approximate surface area is 153 Å². The molecule has 3 rings (SSSR count). The molecule has 142 valence electrons. The Morgan fingerprint density at radius 1 is 1.42 bits per heavy atom. The molecular weight excluding hydrogens is 336 g/mol. The predicted octanol–water partition coefficient (Wildman–Crippen LogP) is 1.81. The summed E-state index contributed by atoms with van der Waals surface area (Å²) < 4.78 is 11.3. The maximum absolute atomic E-state index is 12.3. The van der Waals surface area contributed by atoms with Crippen molar-refractivity contribution in [1.29, 1.82) is 0 Å². The van der Waals surface area contributed by atoms with Crippen LogP contribution in [0.15, 0.2) is 34.9 Å². The number of hydrogen-bond acceptors (Lipinski definition) is 6. The van der Waals surface area contributed by atoms with Gasteiger partial charge in [0.05, 0.1) is 17.6 Å². The summed E-state index contributed by atoms with van der Waals surface area (Å²) >= 11 is 0. The van der Waals surface area contributed by atoms with Crippen molar-refractivity contribution in [1.82, 2.24) is 0 Å². The van der Waals surface area contributed by atoms with Gasteiger partial charge in [-0.1, -0.05) is 23.8 Å². The Hall–Kier alpha value is -1.92. The van der Waals surface area contributed by atoms with E-state index in [2.05, 4.69) is 6.58 Å². The van der Waals surface area contributed by atoms with Gasteiger partial charge in [0.2, 0.25) is 0 Å². The van der Waals surface area contributed by atoms with E-state index in [4.69, 9.17) is 9.47 Å². The molecule has 1 aliphatic heterocycles. The number of esters is 2. The second-order valence-electron chi connectivity index (χ2n) is 7.77. The van der Waals surface area contributed by atoms with E-state index in [0.29, 0.717) is 18.4 Å². The lowest BCUT2D eigenvalue weighted by Crippen LogP contribution is -2.48. The van der Waals surface area contributed by atoms with Gasteiger partial charge < -0.3 is 19.7 Å². The molecule has 1 heterocycles. The van der Waals surface area contributed by atoms with Gasteiger partial charge in [0.25, 0.3) is 0 Å². The zero-order valence-corrected chi connectivity index (χ0v) is 15.6. The van der Waals surface area contributed by atoms with Crippen molar-refractivity contribution in [3.8, 4) is 0 Å². The van der Waals surface area contributed by atoms with Crippen LogP contribution in [-0.2, 0) is 19.1 Å². The molecule has 26 heavy (non-hydrogen) atoms. The summed E-state index contributed by atoms with van der Waals surface area (Å²) in [6.07, 6.45) is 0.142. The van der Waals surface area contributed by atoms with E-state index >= 15 is 0 Å². The fourth-order valence-electron chi connectivity index (χ4n) is 4.41. The van der Waals surface area contributed by atoms with Crippen LogP contribution in [0.3, 0.4) is 0 Å². The summed E-state index contributed by atoms with van der Waals surface area (Å²) in [6.45, 7) is 10.7. The minimum absolute atomic E-state index is 0.247. The smallest absolute Gasteiger partial charge is 0.334 e. The van der Waals surface area contributed by atoms with Gasteiger partial charge in [-0.15, -0.1) is 0 Å². The number of ether oxygens (including phenoxy) is 2. The van der Waals surface area contributed by atoms with Crippen LogP contribution in [0.25, 0.3) is 0 Å². The minimum Gasteiger partial charge on any atom is -0.458 e. The third-order valence-electron chi connectivity index (χ3n) is 6.15. The van der Waals surface area contributed by atoms with E-state index in [0.717, 1.165) is 11.1 Å². The Morgan fingerprint density at radius 3 is 2.69 bits per heavy atom. The van der Waals surface area contributed by atoms with Crippen molar-refractivity contribution in [3.05, 3.63) is 34.9 Å². The summed E-state index contributed by atoms with van der Waals surface area (Å²) in [5.74, 6) is -2.08. The highest BCUT2D eigenvalue weighted by Crippen LogP contribution is 2.52. The summed E-state index contributed by atoms with van der Waals surface area (Å²) in [6, 6.07) is 0. The number of allylic oxidation sites excluding steroid dienone is 1. The molecule has 0 radical (unpaired) electrons. The molecule has 0 spiro atoms. The molecule has 3 aliphatic rings. The number of fused-ring (bicyclic) bond motifs is 3. The molecule has 0 amide bonds. The summed E-state index contributed by atoms with van der Waals surface area (Å²) in [5, 5.41) is 21.2. The van der Waals surface area contributed by atoms with Gasteiger partial charge in [-0.3, -0.25) is 0 Å². The number of carbonyl (C=O) groups is 2. The highest BCUT2D eigenvalue weighted by molar-refractivity contribution is 5.92. The van der Waals surface area contributed by atoms with Crippen LogP contribution in [-0.4, -0.2) is 46.1 Å². The highest BCUT2D eigenvalue weighted by Gasteiger charge is 2.60. The van der Waals surface area contributed by atoms with Crippen LogP contribution in [0.5, 0.6) is 0 Å². The first-order valence-electron chi connectivity index (χ1n) is 8.92. The Balaban J connectivity index is 2.04. The van der Waals surface area contributed by atoms with E-state index < -0.39 is 47.7 Å². The zero-order valence-electron chi connectivity index (χ0n) is 15.6. The van der Waals surface area contributed by atoms with E-state index in [1.807, 2.05) is 6.92 Å². The Morgan fingerprint density at radius 2 is 2.08 bits per heavy atom. The second-order valence-corrected chi connectivity index (χ2v) is 7.77. The van der Waals surface area contributed by atoms with Crippen LogP contribution in [0.1, 0.15) is 40.5 Å². The molecule has 6 nitrogen and oxygen atoms in total. The molecule has 6 atom stereocenters. The van der Waals surface area contributed by atoms with E-state index in [1.165, 1.54) is 0 Å². The molecule has 6 unspecified atom stereocenters. The van der Waals surface area contributed by atoms with E-state index in [-0.39, 0.29) is 5.57 Å². The number of carbonyl (C=O) groups excluding carboxylic acids is 2. The van der Waals surface area contributed by atoms with Crippen LogP contribution in [0.4, 0.5) is 0 Å². The highest BCUT2D eigenvalue weighted by atomic mass is 16.6. The monoisotopic (exact) mass is 362 g/mol. The number of aliphatic hydroxyl groups excluding tert-OH is 1. The molecule has 1 saturated heterocycles. The molecule has 2 aliphatic carbocycles. The average Bonchev–Trinajstić information content (AvgIpc) is 2.94. The molecule has 0 aromatic rings.